The predicted octanol–water partition coefficient (Wildman–Crippen LogP) is 2.63. The van der Waals surface area contributed by atoms with E-state index < -0.39 is 17.8 Å². The first-order valence-electron chi connectivity index (χ1n) is 10.4. The molecule has 6 N–H and O–H groups in total. The molecule has 2 heterocycles. The molecule has 1 aliphatic rings. The molecular weight excluding hydrogens is 431 g/mol. The fourth-order valence-corrected chi connectivity index (χ4v) is 3.89. The van der Waals surface area contributed by atoms with E-state index in [1.807, 2.05) is 6.07 Å². The number of hydrogen-bond acceptors (Lipinski definition) is 7. The molecule has 1 aromatic carbocycles. The fourth-order valence-electron chi connectivity index (χ4n) is 3.89. The highest BCUT2D eigenvalue weighted by molar-refractivity contribution is 5.98. The Morgan fingerprint density at radius 2 is 1.94 bits per heavy atom. The zero-order valence-electron chi connectivity index (χ0n) is 17.5. The second kappa shape index (κ2) is 9.51. The van der Waals surface area contributed by atoms with Crippen molar-refractivity contribution in [3.63, 3.8) is 0 Å². The van der Waals surface area contributed by atoms with Crippen molar-refractivity contribution < 1.29 is 19.1 Å². The van der Waals surface area contributed by atoms with Crippen molar-refractivity contribution in [1.29, 1.82) is 0 Å². The van der Waals surface area contributed by atoms with Gasteiger partial charge in [0.1, 0.15) is 5.82 Å². The summed E-state index contributed by atoms with van der Waals surface area (Å²) in [5, 5.41) is 25.3. The van der Waals surface area contributed by atoms with Gasteiger partial charge < -0.3 is 26.8 Å². The first kappa shape index (κ1) is 22.0. The lowest BCUT2D eigenvalue weighted by Gasteiger charge is -2.32. The third-order valence-corrected chi connectivity index (χ3v) is 5.43. The van der Waals surface area contributed by atoms with Crippen LogP contribution in [0, 0.1) is 5.82 Å². The van der Waals surface area contributed by atoms with Crippen LogP contribution < -0.4 is 21.7 Å². The van der Waals surface area contributed by atoms with Gasteiger partial charge in [0.25, 0.3) is 5.91 Å². The molecule has 2 amide bonds. The SMILES string of the molecule is NC(=O)c1cc(F)c(N[C@@H]2CCCC[C@@H]2NC(=O)O)nc1Nc1cccc(-n2ccnn2)c1. The van der Waals surface area contributed by atoms with Crippen LogP contribution in [0.15, 0.2) is 42.7 Å². The number of anilines is 3. The van der Waals surface area contributed by atoms with Gasteiger partial charge in [0, 0.05) is 11.7 Å². The van der Waals surface area contributed by atoms with Crippen molar-refractivity contribution in [1.82, 2.24) is 25.3 Å². The summed E-state index contributed by atoms with van der Waals surface area (Å²) in [6.07, 6.45) is 5.10. The Morgan fingerprint density at radius 1 is 1.15 bits per heavy atom. The average Bonchev–Trinajstić information content (AvgIpc) is 3.32. The van der Waals surface area contributed by atoms with Crippen molar-refractivity contribution in [2.24, 2.45) is 5.73 Å². The number of nitrogens with one attached hydrogen (secondary N) is 3. The van der Waals surface area contributed by atoms with E-state index in [1.165, 1.54) is 0 Å². The van der Waals surface area contributed by atoms with E-state index in [2.05, 4.69) is 31.2 Å². The number of hydrogen-bond donors (Lipinski definition) is 5. The van der Waals surface area contributed by atoms with Crippen LogP contribution in [0.2, 0.25) is 0 Å². The number of carbonyl (C=O) groups is 2. The predicted molar refractivity (Wildman–Crippen MR) is 118 cm³/mol. The van der Waals surface area contributed by atoms with Crippen molar-refractivity contribution in [3.05, 3.63) is 54.1 Å². The molecule has 11 nitrogen and oxygen atoms in total. The minimum absolute atomic E-state index is 0.0701. The van der Waals surface area contributed by atoms with E-state index >= 15 is 0 Å². The number of carbonyl (C=O) groups excluding carboxylic acids is 1. The van der Waals surface area contributed by atoms with Gasteiger partial charge >= 0.3 is 6.09 Å². The van der Waals surface area contributed by atoms with Gasteiger partial charge in [0.15, 0.2) is 11.6 Å². The maximum Gasteiger partial charge on any atom is 0.404 e. The fraction of sp³-hybridized carbons (Fsp3) is 0.286. The molecular formula is C21H23FN8O3. The molecule has 1 fully saturated rings. The number of carboxylic acid groups (broad SMARTS) is 1. The van der Waals surface area contributed by atoms with Crippen molar-refractivity contribution in [3.8, 4) is 5.69 Å². The quantitative estimate of drug-likeness (QED) is 0.364. The Morgan fingerprint density at radius 3 is 2.64 bits per heavy atom. The van der Waals surface area contributed by atoms with Gasteiger partial charge in [-0.05, 0) is 37.1 Å². The average molecular weight is 454 g/mol. The number of nitrogens with zero attached hydrogens (tertiary/aromatic N) is 4. The second-order valence-electron chi connectivity index (χ2n) is 7.69. The number of aromatic nitrogens is 4. The van der Waals surface area contributed by atoms with Crippen molar-refractivity contribution >= 4 is 29.3 Å². The van der Waals surface area contributed by atoms with Crippen LogP contribution in [0.3, 0.4) is 0 Å². The molecule has 33 heavy (non-hydrogen) atoms. The number of amides is 2. The van der Waals surface area contributed by atoms with E-state index in [9.17, 15) is 14.0 Å². The molecule has 12 heteroatoms. The monoisotopic (exact) mass is 454 g/mol. The summed E-state index contributed by atoms with van der Waals surface area (Å²) in [6.45, 7) is 0. The normalized spacial score (nSPS) is 17.8. The maximum atomic E-state index is 14.8. The number of pyridine rings is 1. The molecule has 3 aromatic rings. The van der Waals surface area contributed by atoms with Crippen LogP contribution in [-0.4, -0.2) is 49.2 Å². The van der Waals surface area contributed by atoms with Crippen molar-refractivity contribution in [2.75, 3.05) is 10.6 Å². The summed E-state index contributed by atoms with van der Waals surface area (Å²) in [7, 11) is 0. The lowest BCUT2D eigenvalue weighted by atomic mass is 9.90. The van der Waals surface area contributed by atoms with Gasteiger partial charge in [-0.25, -0.2) is 18.9 Å². The minimum atomic E-state index is -1.14. The third kappa shape index (κ3) is 5.17. The molecule has 4 rings (SSSR count). The molecule has 0 radical (unpaired) electrons. The summed E-state index contributed by atoms with van der Waals surface area (Å²) in [4.78, 5) is 27.4. The van der Waals surface area contributed by atoms with E-state index in [4.69, 9.17) is 10.8 Å². The van der Waals surface area contributed by atoms with Crippen LogP contribution in [0.25, 0.3) is 5.69 Å². The van der Waals surface area contributed by atoms with Gasteiger partial charge in [-0.3, -0.25) is 4.79 Å². The van der Waals surface area contributed by atoms with Gasteiger partial charge in [0.2, 0.25) is 0 Å². The maximum absolute atomic E-state index is 14.8. The highest BCUT2D eigenvalue weighted by Gasteiger charge is 2.28. The molecule has 0 spiro atoms. The Hall–Kier alpha value is -4.22. The number of halogens is 1. The van der Waals surface area contributed by atoms with Crippen LogP contribution in [0.4, 0.5) is 26.5 Å². The molecule has 1 aliphatic carbocycles. The van der Waals surface area contributed by atoms with Crippen LogP contribution in [0.5, 0.6) is 0 Å². The number of nitrogens with two attached hydrogens (primary N) is 1. The number of rotatable bonds is 7. The molecule has 0 saturated heterocycles. The van der Waals surface area contributed by atoms with E-state index in [-0.39, 0.29) is 29.3 Å². The summed E-state index contributed by atoms with van der Waals surface area (Å²) in [5.41, 5.74) is 6.61. The van der Waals surface area contributed by atoms with Gasteiger partial charge in [-0.2, -0.15) is 0 Å². The summed E-state index contributed by atoms with van der Waals surface area (Å²) >= 11 is 0. The van der Waals surface area contributed by atoms with Crippen LogP contribution in [-0.2, 0) is 0 Å². The summed E-state index contributed by atoms with van der Waals surface area (Å²) in [6, 6.07) is 7.38. The number of benzene rings is 1. The van der Waals surface area contributed by atoms with Gasteiger partial charge in [-0.15, -0.1) is 5.10 Å². The Balaban J connectivity index is 1.63. The second-order valence-corrected chi connectivity index (χ2v) is 7.69. The topological polar surface area (TPSA) is 160 Å². The lowest BCUT2D eigenvalue weighted by molar-refractivity contribution is 0.100. The smallest absolute Gasteiger partial charge is 0.404 e. The first-order valence-corrected chi connectivity index (χ1v) is 10.4. The zero-order chi connectivity index (χ0) is 23.4. The molecule has 2 aromatic heterocycles. The number of primary amides is 1. The highest BCUT2D eigenvalue weighted by Crippen LogP contribution is 2.27. The van der Waals surface area contributed by atoms with E-state index in [1.54, 1.807) is 35.3 Å². The van der Waals surface area contributed by atoms with Crippen LogP contribution >= 0.6 is 0 Å². The molecule has 2 atom stereocenters. The zero-order valence-corrected chi connectivity index (χ0v) is 17.5. The first-order chi connectivity index (χ1) is 15.9. The van der Waals surface area contributed by atoms with E-state index in [0.717, 1.165) is 18.9 Å². The molecule has 0 bridgehead atoms. The minimum Gasteiger partial charge on any atom is -0.465 e. The third-order valence-electron chi connectivity index (χ3n) is 5.43. The summed E-state index contributed by atoms with van der Waals surface area (Å²) < 4.78 is 16.4. The highest BCUT2D eigenvalue weighted by atomic mass is 19.1. The van der Waals surface area contributed by atoms with Gasteiger partial charge in [0.05, 0.1) is 29.7 Å². The Kier molecular flexibility index (Phi) is 6.33. The lowest BCUT2D eigenvalue weighted by Crippen LogP contribution is -2.48. The van der Waals surface area contributed by atoms with E-state index in [0.29, 0.717) is 24.2 Å². The Bertz CT molecular complexity index is 1150. The van der Waals surface area contributed by atoms with Crippen LogP contribution in [0.1, 0.15) is 36.0 Å². The largest absolute Gasteiger partial charge is 0.465 e. The molecule has 172 valence electrons. The molecule has 0 unspecified atom stereocenters. The molecule has 0 aliphatic heterocycles. The van der Waals surface area contributed by atoms with Gasteiger partial charge in [-0.1, -0.05) is 24.1 Å². The molecule has 1 saturated carbocycles. The standard InChI is InChI=1S/C21H23FN8O3/c22-15-11-14(18(23)31)19(25-12-4-3-5-13(10-12)30-9-8-24-29-30)28-20(15)26-16-6-1-2-7-17(16)27-21(32)33/h3-5,8-11,16-17,27H,1-2,6-7H2,(H2,23,31)(H,32,33)(H2,25,26,28)/t16-,17+/m1/s1. The Labute approximate surface area is 188 Å². The van der Waals surface area contributed by atoms with Crippen molar-refractivity contribution in [2.45, 2.75) is 37.8 Å². The summed E-state index contributed by atoms with van der Waals surface area (Å²) in [5.74, 6) is -1.63.